The van der Waals surface area contributed by atoms with Gasteiger partial charge in [0.15, 0.2) is 0 Å². The van der Waals surface area contributed by atoms with E-state index in [1.807, 2.05) is 79.0 Å². The van der Waals surface area contributed by atoms with E-state index in [0.717, 1.165) is 39.1 Å². The SMILES string of the molecule is COc1ccc(COC(=O)/C=C/c2c[nH]c3cccc(OCc4ccccc4)c23)cc1. The molecule has 31 heavy (non-hydrogen) atoms. The fourth-order valence-electron chi connectivity index (χ4n) is 3.25. The second-order valence-corrected chi connectivity index (χ2v) is 6.99. The van der Waals surface area contributed by atoms with Crippen LogP contribution in [0.3, 0.4) is 0 Å². The van der Waals surface area contributed by atoms with Gasteiger partial charge in [0.05, 0.1) is 7.11 Å². The van der Waals surface area contributed by atoms with E-state index in [1.54, 1.807) is 13.2 Å². The highest BCUT2D eigenvalue weighted by molar-refractivity contribution is 5.97. The molecule has 1 aromatic heterocycles. The number of ether oxygens (including phenoxy) is 3. The molecule has 156 valence electrons. The quantitative estimate of drug-likeness (QED) is 0.306. The molecular weight excluding hydrogens is 390 g/mol. The number of nitrogens with one attached hydrogen (secondary N) is 1. The van der Waals surface area contributed by atoms with Crippen molar-refractivity contribution in [3.8, 4) is 11.5 Å². The Morgan fingerprint density at radius 2 is 1.68 bits per heavy atom. The van der Waals surface area contributed by atoms with Crippen LogP contribution < -0.4 is 9.47 Å². The lowest BCUT2D eigenvalue weighted by atomic mass is 10.1. The summed E-state index contributed by atoms with van der Waals surface area (Å²) in [6, 6.07) is 23.3. The van der Waals surface area contributed by atoms with Gasteiger partial charge in [-0.25, -0.2) is 4.79 Å². The number of methoxy groups -OCH3 is 1. The van der Waals surface area contributed by atoms with Crippen molar-refractivity contribution >= 4 is 22.9 Å². The first-order valence-electron chi connectivity index (χ1n) is 9.97. The van der Waals surface area contributed by atoms with Crippen LogP contribution in [0.2, 0.25) is 0 Å². The Kier molecular flexibility index (Phi) is 6.33. The molecule has 4 rings (SSSR count). The van der Waals surface area contributed by atoms with Crippen LogP contribution in [0.1, 0.15) is 16.7 Å². The number of aromatic nitrogens is 1. The summed E-state index contributed by atoms with van der Waals surface area (Å²) in [5.41, 5.74) is 3.79. The molecule has 0 spiro atoms. The fraction of sp³-hybridized carbons (Fsp3) is 0.115. The van der Waals surface area contributed by atoms with Crippen LogP contribution in [0, 0.1) is 0 Å². The summed E-state index contributed by atoms with van der Waals surface area (Å²) in [4.78, 5) is 15.4. The molecule has 5 heteroatoms. The third-order valence-corrected chi connectivity index (χ3v) is 4.87. The van der Waals surface area contributed by atoms with E-state index in [9.17, 15) is 4.79 Å². The molecule has 0 fully saturated rings. The Bertz CT molecular complexity index is 1180. The maximum absolute atomic E-state index is 12.2. The first-order chi connectivity index (χ1) is 15.2. The first-order valence-corrected chi connectivity index (χ1v) is 9.97. The zero-order valence-electron chi connectivity index (χ0n) is 17.2. The van der Waals surface area contributed by atoms with Crippen LogP contribution in [0.15, 0.2) is 85.1 Å². The number of esters is 1. The molecule has 3 aromatic carbocycles. The van der Waals surface area contributed by atoms with Gasteiger partial charge in [-0.3, -0.25) is 0 Å². The summed E-state index contributed by atoms with van der Waals surface area (Å²) in [6.45, 7) is 0.671. The van der Waals surface area contributed by atoms with E-state index in [-0.39, 0.29) is 6.61 Å². The van der Waals surface area contributed by atoms with Crippen molar-refractivity contribution in [3.05, 3.63) is 102 Å². The minimum Gasteiger partial charge on any atom is -0.497 e. The van der Waals surface area contributed by atoms with Crippen molar-refractivity contribution < 1.29 is 19.0 Å². The molecule has 0 saturated carbocycles. The van der Waals surface area contributed by atoms with Crippen LogP contribution in [0.25, 0.3) is 17.0 Å². The monoisotopic (exact) mass is 413 g/mol. The fourth-order valence-corrected chi connectivity index (χ4v) is 3.25. The zero-order valence-corrected chi connectivity index (χ0v) is 17.2. The number of H-pyrrole nitrogens is 1. The lowest BCUT2D eigenvalue weighted by Crippen LogP contribution is -2.00. The van der Waals surface area contributed by atoms with Crippen LogP contribution in [0.5, 0.6) is 11.5 Å². The van der Waals surface area contributed by atoms with E-state index in [1.165, 1.54) is 6.08 Å². The van der Waals surface area contributed by atoms with Gasteiger partial charge in [0.25, 0.3) is 0 Å². The van der Waals surface area contributed by atoms with Crippen molar-refractivity contribution in [2.45, 2.75) is 13.2 Å². The molecule has 1 heterocycles. The summed E-state index contributed by atoms with van der Waals surface area (Å²) >= 11 is 0. The van der Waals surface area contributed by atoms with Crippen molar-refractivity contribution in [3.63, 3.8) is 0 Å². The molecule has 0 aliphatic rings. The molecule has 1 N–H and O–H groups in total. The number of benzene rings is 3. The summed E-state index contributed by atoms with van der Waals surface area (Å²) in [5, 5.41) is 0.928. The Labute approximate surface area is 180 Å². The molecule has 0 saturated heterocycles. The van der Waals surface area contributed by atoms with Crippen molar-refractivity contribution in [2.75, 3.05) is 7.11 Å². The van der Waals surface area contributed by atoms with Crippen LogP contribution in [-0.4, -0.2) is 18.1 Å². The van der Waals surface area contributed by atoms with Crippen LogP contribution in [-0.2, 0) is 22.7 Å². The molecule has 4 aromatic rings. The molecule has 0 aliphatic heterocycles. The maximum atomic E-state index is 12.2. The Morgan fingerprint density at radius 1 is 0.903 bits per heavy atom. The van der Waals surface area contributed by atoms with E-state index >= 15 is 0 Å². The number of hydrogen-bond acceptors (Lipinski definition) is 4. The Balaban J connectivity index is 1.43. The van der Waals surface area contributed by atoms with Gasteiger partial charge in [-0.05, 0) is 41.5 Å². The lowest BCUT2D eigenvalue weighted by Gasteiger charge is -2.08. The Morgan fingerprint density at radius 3 is 2.45 bits per heavy atom. The van der Waals surface area contributed by atoms with Crippen LogP contribution in [0.4, 0.5) is 0 Å². The van der Waals surface area contributed by atoms with Gasteiger partial charge in [-0.1, -0.05) is 48.5 Å². The minimum atomic E-state index is -0.409. The largest absolute Gasteiger partial charge is 0.497 e. The van der Waals surface area contributed by atoms with Gasteiger partial charge < -0.3 is 19.2 Å². The number of fused-ring (bicyclic) bond motifs is 1. The highest BCUT2D eigenvalue weighted by Gasteiger charge is 2.09. The van der Waals surface area contributed by atoms with E-state index in [2.05, 4.69) is 4.98 Å². The van der Waals surface area contributed by atoms with Gasteiger partial charge >= 0.3 is 5.97 Å². The maximum Gasteiger partial charge on any atom is 0.331 e. The second-order valence-electron chi connectivity index (χ2n) is 6.99. The molecule has 0 aliphatic carbocycles. The highest BCUT2D eigenvalue weighted by atomic mass is 16.5. The van der Waals surface area contributed by atoms with Gasteiger partial charge in [0.2, 0.25) is 0 Å². The average Bonchev–Trinajstić information content (AvgIpc) is 3.25. The molecule has 0 bridgehead atoms. The number of rotatable bonds is 8. The van der Waals surface area contributed by atoms with Crippen molar-refractivity contribution in [2.24, 2.45) is 0 Å². The molecule has 0 atom stereocenters. The van der Waals surface area contributed by atoms with Gasteiger partial charge in [0, 0.05) is 28.7 Å². The summed E-state index contributed by atoms with van der Waals surface area (Å²) in [7, 11) is 1.61. The highest BCUT2D eigenvalue weighted by Crippen LogP contribution is 2.30. The lowest BCUT2D eigenvalue weighted by molar-refractivity contribution is -0.138. The van der Waals surface area contributed by atoms with Gasteiger partial charge in [-0.15, -0.1) is 0 Å². The Hall–Kier alpha value is -3.99. The first kappa shape index (κ1) is 20.3. The number of carbonyl (C=O) groups is 1. The third-order valence-electron chi connectivity index (χ3n) is 4.87. The second kappa shape index (κ2) is 9.67. The van der Waals surface area contributed by atoms with Gasteiger partial charge in [-0.2, -0.15) is 0 Å². The van der Waals surface area contributed by atoms with Crippen molar-refractivity contribution in [1.29, 1.82) is 0 Å². The van der Waals surface area contributed by atoms with E-state index in [0.29, 0.717) is 6.61 Å². The summed E-state index contributed by atoms with van der Waals surface area (Å²) in [5.74, 6) is 1.11. The molecule has 0 amide bonds. The van der Waals surface area contributed by atoms with Crippen LogP contribution >= 0.6 is 0 Å². The minimum absolute atomic E-state index is 0.201. The zero-order chi connectivity index (χ0) is 21.5. The van der Waals surface area contributed by atoms with E-state index < -0.39 is 5.97 Å². The number of carbonyl (C=O) groups excluding carboxylic acids is 1. The summed E-state index contributed by atoms with van der Waals surface area (Å²) in [6.07, 6.45) is 5.03. The topological polar surface area (TPSA) is 60.5 Å². The normalized spacial score (nSPS) is 11.0. The molecule has 0 radical (unpaired) electrons. The molecule has 5 nitrogen and oxygen atoms in total. The average molecular weight is 413 g/mol. The molecule has 0 unspecified atom stereocenters. The van der Waals surface area contributed by atoms with Crippen molar-refractivity contribution in [1.82, 2.24) is 4.98 Å². The standard InChI is InChI=1S/C26H23NO4/c1-29-22-13-10-20(11-14-22)18-31-25(28)15-12-21-16-27-23-8-5-9-24(26(21)23)30-17-19-6-3-2-4-7-19/h2-16,27H,17-18H2,1H3/b15-12+. The summed E-state index contributed by atoms with van der Waals surface area (Å²) < 4.78 is 16.5. The van der Waals surface area contributed by atoms with Gasteiger partial charge in [0.1, 0.15) is 24.7 Å². The predicted molar refractivity (Wildman–Crippen MR) is 121 cm³/mol. The molecular formula is C26H23NO4. The predicted octanol–water partition coefficient (Wildman–Crippen LogP) is 5.51. The number of aromatic amines is 1. The third kappa shape index (κ3) is 5.14. The van der Waals surface area contributed by atoms with E-state index in [4.69, 9.17) is 14.2 Å². The smallest absolute Gasteiger partial charge is 0.331 e. The number of hydrogen-bond donors (Lipinski definition) is 1.